The first-order chi connectivity index (χ1) is 16.0. The van der Waals surface area contributed by atoms with Crippen LogP contribution in [0.3, 0.4) is 0 Å². The normalized spacial score (nSPS) is 21.3. The van der Waals surface area contributed by atoms with Crippen LogP contribution in [0.25, 0.3) is 0 Å². The van der Waals surface area contributed by atoms with Crippen molar-refractivity contribution in [3.8, 4) is 0 Å². The summed E-state index contributed by atoms with van der Waals surface area (Å²) in [7, 11) is -3.40. The zero-order chi connectivity index (χ0) is 24.7. The Balaban J connectivity index is 1.59. The first kappa shape index (κ1) is 24.9. The van der Waals surface area contributed by atoms with Crippen LogP contribution in [-0.2, 0) is 27.2 Å². The standard InChI is InChI=1S/C22H21ClF3N3O3S2/c1-2-13-5-3-4-6-16(13)27-20(30)10-33-21-28-17-11-34(31,32)12-19(17)29(21)18-9-14(22(24,25)26)7-8-15(18)23/h3-9,17,19H,2,10-12H2,1H3,(H,27,30). The molecule has 0 aromatic heterocycles. The zero-order valence-electron chi connectivity index (χ0n) is 18.0. The molecule has 2 unspecified atom stereocenters. The number of amides is 1. The molecule has 0 radical (unpaired) electrons. The first-order valence-corrected chi connectivity index (χ1v) is 13.6. The molecule has 34 heavy (non-hydrogen) atoms. The molecule has 0 saturated carbocycles. The van der Waals surface area contributed by atoms with Gasteiger partial charge in [0, 0.05) is 5.69 Å². The molecule has 182 valence electrons. The Morgan fingerprint density at radius 3 is 2.68 bits per heavy atom. The van der Waals surface area contributed by atoms with Crippen molar-refractivity contribution < 1.29 is 26.4 Å². The Bertz CT molecular complexity index is 1250. The highest BCUT2D eigenvalue weighted by Gasteiger charge is 2.48. The Kier molecular flexibility index (Phi) is 6.90. The number of alkyl halides is 3. The summed E-state index contributed by atoms with van der Waals surface area (Å²) < 4.78 is 64.4. The number of sulfone groups is 1. The summed E-state index contributed by atoms with van der Waals surface area (Å²) in [6, 6.07) is 8.95. The molecule has 4 rings (SSSR count). The second-order valence-corrected chi connectivity index (χ2v) is 11.5. The van der Waals surface area contributed by atoms with E-state index in [4.69, 9.17) is 11.6 Å². The fourth-order valence-electron chi connectivity index (χ4n) is 4.06. The van der Waals surface area contributed by atoms with Crippen LogP contribution < -0.4 is 10.2 Å². The van der Waals surface area contributed by atoms with E-state index in [1.807, 2.05) is 25.1 Å². The SMILES string of the molecule is CCc1ccccc1NC(=O)CSC1=NC2CS(=O)(=O)CC2N1c1cc(C(F)(F)F)ccc1Cl. The van der Waals surface area contributed by atoms with Gasteiger partial charge in [0.2, 0.25) is 5.91 Å². The molecule has 0 bridgehead atoms. The Labute approximate surface area is 204 Å². The van der Waals surface area contributed by atoms with Gasteiger partial charge in [-0.25, -0.2) is 8.42 Å². The van der Waals surface area contributed by atoms with Crippen LogP contribution in [0.5, 0.6) is 0 Å². The molecule has 1 saturated heterocycles. The number of para-hydroxylation sites is 1. The van der Waals surface area contributed by atoms with Gasteiger partial charge in [-0.2, -0.15) is 13.2 Å². The minimum Gasteiger partial charge on any atom is -0.325 e. The van der Waals surface area contributed by atoms with E-state index in [1.54, 1.807) is 6.07 Å². The Morgan fingerprint density at radius 1 is 1.24 bits per heavy atom. The number of fused-ring (bicyclic) bond motifs is 1. The summed E-state index contributed by atoms with van der Waals surface area (Å²) in [5.74, 6) is -0.831. The van der Waals surface area contributed by atoms with E-state index in [0.29, 0.717) is 5.69 Å². The molecule has 2 aromatic carbocycles. The van der Waals surface area contributed by atoms with E-state index in [2.05, 4.69) is 10.3 Å². The third kappa shape index (κ3) is 5.21. The molecule has 12 heteroatoms. The molecule has 2 heterocycles. The number of nitrogens with zero attached hydrogens (tertiary/aromatic N) is 2. The van der Waals surface area contributed by atoms with Crippen molar-refractivity contribution in [2.24, 2.45) is 4.99 Å². The molecule has 1 fully saturated rings. The van der Waals surface area contributed by atoms with E-state index >= 15 is 0 Å². The lowest BCUT2D eigenvalue weighted by molar-refractivity contribution is -0.137. The Morgan fingerprint density at radius 2 is 1.97 bits per heavy atom. The Hall–Kier alpha value is -2.24. The summed E-state index contributed by atoms with van der Waals surface area (Å²) >= 11 is 7.29. The number of aryl methyl sites for hydroxylation is 1. The van der Waals surface area contributed by atoms with Crippen LogP contribution >= 0.6 is 23.4 Å². The summed E-state index contributed by atoms with van der Waals surface area (Å²) in [6.07, 6.45) is -3.87. The lowest BCUT2D eigenvalue weighted by Gasteiger charge is -2.28. The maximum atomic E-state index is 13.4. The predicted molar refractivity (Wildman–Crippen MR) is 130 cm³/mol. The minimum atomic E-state index is -4.60. The van der Waals surface area contributed by atoms with Crippen LogP contribution in [-0.4, -0.2) is 48.8 Å². The van der Waals surface area contributed by atoms with Gasteiger partial charge in [-0.3, -0.25) is 9.79 Å². The maximum absolute atomic E-state index is 13.4. The number of rotatable bonds is 5. The third-order valence-corrected chi connectivity index (χ3v) is 8.63. The molecule has 2 aromatic rings. The fourth-order valence-corrected chi connectivity index (χ4v) is 7.02. The van der Waals surface area contributed by atoms with Crippen molar-refractivity contribution in [1.29, 1.82) is 0 Å². The number of hydrogen-bond acceptors (Lipinski definition) is 6. The van der Waals surface area contributed by atoms with E-state index in [0.717, 1.165) is 41.9 Å². The van der Waals surface area contributed by atoms with Crippen molar-refractivity contribution in [1.82, 2.24) is 0 Å². The molecule has 2 aliphatic heterocycles. The van der Waals surface area contributed by atoms with E-state index < -0.39 is 33.7 Å². The van der Waals surface area contributed by atoms with Crippen molar-refractivity contribution in [2.75, 3.05) is 27.5 Å². The average Bonchev–Trinajstić information content (AvgIpc) is 3.23. The number of benzene rings is 2. The molecule has 2 aliphatic rings. The summed E-state index contributed by atoms with van der Waals surface area (Å²) in [4.78, 5) is 18.5. The van der Waals surface area contributed by atoms with Crippen LogP contribution in [0.1, 0.15) is 18.1 Å². The second-order valence-electron chi connectivity index (χ2n) is 8.00. The monoisotopic (exact) mass is 531 g/mol. The summed E-state index contributed by atoms with van der Waals surface area (Å²) in [5, 5.41) is 3.14. The van der Waals surface area contributed by atoms with E-state index in [1.165, 1.54) is 4.90 Å². The number of hydrogen-bond donors (Lipinski definition) is 1. The van der Waals surface area contributed by atoms with Gasteiger partial charge in [0.15, 0.2) is 15.0 Å². The second kappa shape index (κ2) is 9.43. The molecule has 1 N–H and O–H groups in total. The van der Waals surface area contributed by atoms with Crippen molar-refractivity contribution in [3.05, 3.63) is 58.6 Å². The molecule has 2 atom stereocenters. The predicted octanol–water partition coefficient (Wildman–Crippen LogP) is 4.63. The molecule has 0 spiro atoms. The lowest BCUT2D eigenvalue weighted by atomic mass is 10.1. The van der Waals surface area contributed by atoms with Gasteiger partial charge in [0.05, 0.1) is 45.6 Å². The summed E-state index contributed by atoms with van der Waals surface area (Å²) in [6.45, 7) is 1.97. The lowest BCUT2D eigenvalue weighted by Crippen LogP contribution is -2.39. The number of carbonyl (C=O) groups is 1. The first-order valence-electron chi connectivity index (χ1n) is 10.4. The molecule has 1 amide bonds. The number of anilines is 2. The van der Waals surface area contributed by atoms with Crippen molar-refractivity contribution in [3.63, 3.8) is 0 Å². The van der Waals surface area contributed by atoms with E-state index in [-0.39, 0.29) is 39.0 Å². The molecule has 0 aliphatic carbocycles. The smallest absolute Gasteiger partial charge is 0.325 e. The zero-order valence-corrected chi connectivity index (χ0v) is 20.4. The number of amidine groups is 1. The van der Waals surface area contributed by atoms with Crippen LogP contribution in [0.15, 0.2) is 47.5 Å². The molecular formula is C22H21ClF3N3O3S2. The number of nitrogens with one attached hydrogen (secondary N) is 1. The van der Waals surface area contributed by atoms with Gasteiger partial charge in [-0.15, -0.1) is 0 Å². The van der Waals surface area contributed by atoms with Gasteiger partial charge in [0.25, 0.3) is 0 Å². The fraction of sp³-hybridized carbons (Fsp3) is 0.364. The van der Waals surface area contributed by atoms with Gasteiger partial charge >= 0.3 is 6.18 Å². The average molecular weight is 532 g/mol. The summed E-state index contributed by atoms with van der Waals surface area (Å²) in [5.41, 5.74) is 0.763. The highest BCUT2D eigenvalue weighted by molar-refractivity contribution is 8.14. The van der Waals surface area contributed by atoms with Crippen molar-refractivity contribution in [2.45, 2.75) is 31.6 Å². The topological polar surface area (TPSA) is 78.8 Å². The highest BCUT2D eigenvalue weighted by atomic mass is 35.5. The number of aliphatic imine (C=N–C) groups is 1. The third-order valence-electron chi connectivity index (χ3n) is 5.65. The van der Waals surface area contributed by atoms with Gasteiger partial charge < -0.3 is 10.2 Å². The molecule has 6 nitrogen and oxygen atoms in total. The number of thioether (sulfide) groups is 1. The maximum Gasteiger partial charge on any atom is 0.416 e. The van der Waals surface area contributed by atoms with Gasteiger partial charge in [-0.1, -0.05) is 48.5 Å². The highest BCUT2D eigenvalue weighted by Crippen LogP contribution is 2.41. The van der Waals surface area contributed by atoms with E-state index in [9.17, 15) is 26.4 Å². The quantitative estimate of drug-likeness (QED) is 0.608. The van der Waals surface area contributed by atoms with Crippen molar-refractivity contribution >= 4 is 55.6 Å². The van der Waals surface area contributed by atoms with Crippen LogP contribution in [0, 0.1) is 0 Å². The van der Waals surface area contributed by atoms with Crippen LogP contribution in [0.2, 0.25) is 5.02 Å². The number of halogens is 4. The number of carbonyl (C=O) groups excluding carboxylic acids is 1. The van der Waals surface area contributed by atoms with Gasteiger partial charge in [0.1, 0.15) is 0 Å². The minimum absolute atomic E-state index is 0.0177. The molecular weight excluding hydrogens is 511 g/mol. The largest absolute Gasteiger partial charge is 0.416 e. The van der Waals surface area contributed by atoms with Crippen LogP contribution in [0.4, 0.5) is 24.5 Å². The van der Waals surface area contributed by atoms with Gasteiger partial charge in [-0.05, 0) is 36.2 Å².